The summed E-state index contributed by atoms with van der Waals surface area (Å²) in [5, 5.41) is 0. The second-order valence-corrected chi connectivity index (χ2v) is 18.7. The van der Waals surface area contributed by atoms with Gasteiger partial charge in [0.25, 0.3) is 0 Å². The molecule has 7 rings (SSSR count). The van der Waals surface area contributed by atoms with Gasteiger partial charge in [-0.05, 0) is 147 Å². The summed E-state index contributed by atoms with van der Waals surface area (Å²) in [6.07, 6.45) is 44.8. The summed E-state index contributed by atoms with van der Waals surface area (Å²) >= 11 is 0. The molecule has 2 aromatic carbocycles. The van der Waals surface area contributed by atoms with Crippen molar-refractivity contribution in [2.24, 2.45) is 23.2 Å². The van der Waals surface area contributed by atoms with E-state index >= 15 is 0 Å². The molecule has 0 aromatic heterocycles. The molecule has 0 aliphatic heterocycles. The van der Waals surface area contributed by atoms with Crippen LogP contribution in [0.4, 0.5) is 0 Å². The van der Waals surface area contributed by atoms with E-state index in [1.807, 2.05) is 0 Å². The Kier molecular flexibility index (Phi) is 13.0. The van der Waals surface area contributed by atoms with Crippen LogP contribution in [0.1, 0.15) is 165 Å². The fourth-order valence-electron chi connectivity index (χ4n) is 11.0. The summed E-state index contributed by atoms with van der Waals surface area (Å²) < 4.78 is 0. The summed E-state index contributed by atoms with van der Waals surface area (Å²) in [6.45, 7) is 14.3. The van der Waals surface area contributed by atoms with Gasteiger partial charge in [0.05, 0.1) is 6.04 Å². The Morgan fingerprint density at radius 1 is 0.818 bits per heavy atom. The van der Waals surface area contributed by atoms with Gasteiger partial charge >= 0.3 is 0 Å². The van der Waals surface area contributed by atoms with Crippen molar-refractivity contribution in [3.05, 3.63) is 136 Å². The maximum atomic E-state index is 2.83. The van der Waals surface area contributed by atoms with Crippen molar-refractivity contribution in [1.29, 1.82) is 0 Å². The molecule has 6 unspecified atom stereocenters. The zero-order chi connectivity index (χ0) is 38.4. The Balaban J connectivity index is 1.11. The lowest BCUT2D eigenvalue weighted by Gasteiger charge is -2.48. The van der Waals surface area contributed by atoms with Crippen LogP contribution in [0.3, 0.4) is 0 Å². The summed E-state index contributed by atoms with van der Waals surface area (Å²) in [7, 11) is 0. The molecule has 55 heavy (non-hydrogen) atoms. The Hall–Kier alpha value is -3.32. The Bertz CT molecular complexity index is 1790. The third-order valence-corrected chi connectivity index (χ3v) is 15.0. The minimum absolute atomic E-state index is 0.0526. The zero-order valence-corrected chi connectivity index (χ0v) is 35.6. The number of nitrogens with zero attached hydrogens (tertiary/aromatic N) is 1. The van der Waals surface area contributed by atoms with Gasteiger partial charge in [0.1, 0.15) is 0 Å². The van der Waals surface area contributed by atoms with E-state index < -0.39 is 0 Å². The normalized spacial score (nSPS) is 25.7. The monoisotopic (exact) mass is 736 g/mol. The smallest absolute Gasteiger partial charge is 0.0516 e. The van der Waals surface area contributed by atoms with Gasteiger partial charge in [0.15, 0.2) is 0 Å². The molecular weight excluding hydrogens is 663 g/mol. The second-order valence-electron chi connectivity index (χ2n) is 18.7. The first kappa shape index (κ1) is 39.9. The number of hydrogen-bond acceptors (Lipinski definition) is 1. The molecule has 294 valence electrons. The molecule has 6 atom stereocenters. The lowest BCUT2D eigenvalue weighted by atomic mass is 9.65. The van der Waals surface area contributed by atoms with Crippen LogP contribution in [-0.2, 0) is 19.3 Å². The van der Waals surface area contributed by atoms with E-state index in [1.165, 1.54) is 119 Å². The van der Waals surface area contributed by atoms with Gasteiger partial charge in [0, 0.05) is 11.2 Å². The number of aryl methyl sites for hydroxylation is 3. The van der Waals surface area contributed by atoms with Crippen LogP contribution >= 0.6 is 0 Å². The molecule has 0 amide bonds. The summed E-state index contributed by atoms with van der Waals surface area (Å²) in [6, 6.07) is 17.0. The Morgan fingerprint density at radius 2 is 1.58 bits per heavy atom. The van der Waals surface area contributed by atoms with Crippen LogP contribution in [-0.4, -0.2) is 16.5 Å². The van der Waals surface area contributed by atoms with E-state index in [0.29, 0.717) is 29.7 Å². The highest BCUT2D eigenvalue weighted by Gasteiger charge is 2.55. The highest BCUT2D eigenvalue weighted by atomic mass is 15.2. The zero-order valence-electron chi connectivity index (χ0n) is 35.6. The molecule has 0 N–H and O–H groups in total. The summed E-state index contributed by atoms with van der Waals surface area (Å²) in [4.78, 5) is 2.82. The standard InChI is InChI=1S/C54H73N/c1-7-10-11-17-36-54(37-18-13-12-14-19-41-22-23-45-28-29-46(45)38-41)51-21-16-15-20-49(51)50-35-34-48(39-52(50)54)55(53(5,6)9-3)47-32-30-44(31-33-47)43-26-24-42(25-27-43)40(4)8-2/h15-16,21-27,30-32,34-35,38-40,47,49-50,52H,7-14,17-20,28-29,33,36-37H2,1-6H3. The average molecular weight is 736 g/mol. The fourth-order valence-corrected chi connectivity index (χ4v) is 11.0. The van der Waals surface area contributed by atoms with Gasteiger partial charge in [0.2, 0.25) is 0 Å². The van der Waals surface area contributed by atoms with Gasteiger partial charge in [-0.15, -0.1) is 0 Å². The molecular formula is C54H73N. The second kappa shape index (κ2) is 17.9. The molecule has 0 bridgehead atoms. The molecule has 5 aliphatic carbocycles. The van der Waals surface area contributed by atoms with Crippen molar-refractivity contribution >= 4 is 5.57 Å². The van der Waals surface area contributed by atoms with E-state index in [-0.39, 0.29) is 11.0 Å². The molecule has 0 radical (unpaired) electrons. The largest absolute Gasteiger partial charge is 0.360 e. The van der Waals surface area contributed by atoms with E-state index in [2.05, 4.69) is 144 Å². The number of unbranched alkanes of at least 4 members (excludes halogenated alkanes) is 6. The van der Waals surface area contributed by atoms with Gasteiger partial charge in [-0.3, -0.25) is 0 Å². The number of benzene rings is 2. The molecule has 0 heterocycles. The SMILES string of the molecule is CCCCCCC1(CCCCCCc2ccc3c(c2)CC3)C2=CC=CCC2C2C=CC(N(C3C=CC(c4ccc(C(C)CC)cc4)=CC3)C(C)(C)CC)=CC21. The first-order valence-electron chi connectivity index (χ1n) is 22.9. The van der Waals surface area contributed by atoms with Crippen LogP contribution < -0.4 is 0 Å². The number of rotatable bonds is 19. The van der Waals surface area contributed by atoms with Gasteiger partial charge in [-0.25, -0.2) is 0 Å². The Morgan fingerprint density at radius 3 is 2.25 bits per heavy atom. The van der Waals surface area contributed by atoms with Crippen LogP contribution in [0.2, 0.25) is 0 Å². The van der Waals surface area contributed by atoms with E-state index in [1.54, 1.807) is 22.3 Å². The molecule has 2 aromatic rings. The van der Waals surface area contributed by atoms with Crippen LogP contribution in [0, 0.1) is 23.2 Å². The summed E-state index contributed by atoms with van der Waals surface area (Å²) in [5.74, 6) is 2.46. The quantitative estimate of drug-likeness (QED) is 0.130. The minimum Gasteiger partial charge on any atom is -0.360 e. The molecule has 0 saturated heterocycles. The van der Waals surface area contributed by atoms with Crippen molar-refractivity contribution in [3.8, 4) is 0 Å². The maximum Gasteiger partial charge on any atom is 0.0516 e. The van der Waals surface area contributed by atoms with Gasteiger partial charge < -0.3 is 4.90 Å². The predicted molar refractivity (Wildman–Crippen MR) is 238 cm³/mol. The molecule has 1 heteroatoms. The predicted octanol–water partition coefficient (Wildman–Crippen LogP) is 14.9. The van der Waals surface area contributed by atoms with Gasteiger partial charge in [-0.2, -0.15) is 0 Å². The number of hydrogen-bond donors (Lipinski definition) is 0. The van der Waals surface area contributed by atoms with Crippen molar-refractivity contribution in [2.45, 2.75) is 168 Å². The third kappa shape index (κ3) is 8.53. The molecule has 1 nitrogen and oxygen atoms in total. The fraction of sp³-hybridized carbons (Fsp3) is 0.556. The number of allylic oxidation sites excluding steroid dienone is 9. The lowest BCUT2D eigenvalue weighted by Crippen LogP contribution is -2.49. The average Bonchev–Trinajstić information content (AvgIpc) is 3.47. The van der Waals surface area contributed by atoms with E-state index in [9.17, 15) is 0 Å². The Labute approximate surface area is 336 Å². The van der Waals surface area contributed by atoms with Crippen molar-refractivity contribution in [2.75, 3.05) is 0 Å². The first-order valence-corrected chi connectivity index (χ1v) is 22.9. The topological polar surface area (TPSA) is 3.24 Å². The highest BCUT2D eigenvalue weighted by molar-refractivity contribution is 5.75. The van der Waals surface area contributed by atoms with Crippen molar-refractivity contribution in [3.63, 3.8) is 0 Å². The first-order chi connectivity index (χ1) is 26.8. The van der Waals surface area contributed by atoms with Gasteiger partial charge in [-0.1, -0.05) is 169 Å². The van der Waals surface area contributed by atoms with E-state index in [4.69, 9.17) is 0 Å². The van der Waals surface area contributed by atoms with Crippen LogP contribution in [0.5, 0.6) is 0 Å². The van der Waals surface area contributed by atoms with Crippen LogP contribution in [0.15, 0.2) is 108 Å². The molecule has 5 aliphatic rings. The van der Waals surface area contributed by atoms with Crippen molar-refractivity contribution < 1.29 is 0 Å². The van der Waals surface area contributed by atoms with Crippen LogP contribution in [0.25, 0.3) is 5.57 Å². The third-order valence-electron chi connectivity index (χ3n) is 15.0. The lowest BCUT2D eigenvalue weighted by molar-refractivity contribution is 0.127. The molecule has 1 saturated carbocycles. The maximum absolute atomic E-state index is 2.83. The van der Waals surface area contributed by atoms with Crippen molar-refractivity contribution in [1.82, 2.24) is 4.90 Å². The molecule has 0 spiro atoms. The van der Waals surface area contributed by atoms with E-state index in [0.717, 1.165) is 12.8 Å². The molecule has 1 fully saturated rings. The highest BCUT2D eigenvalue weighted by Crippen LogP contribution is 2.63. The summed E-state index contributed by atoms with van der Waals surface area (Å²) in [5.41, 5.74) is 12.5. The number of fused-ring (bicyclic) bond motifs is 4. The minimum atomic E-state index is 0.0526.